The van der Waals surface area contributed by atoms with Crippen molar-refractivity contribution in [2.24, 2.45) is 5.92 Å². The molecule has 0 bridgehead atoms. The third kappa shape index (κ3) is 5.74. The monoisotopic (exact) mass is 584 g/mol. The number of hydrogen-bond donors (Lipinski definition) is 3. The second-order valence-electron chi connectivity index (χ2n) is 10.9. The zero-order valence-corrected chi connectivity index (χ0v) is 23.9. The van der Waals surface area contributed by atoms with E-state index in [2.05, 4.69) is 32.5 Å². The number of amides is 3. The Labute approximate surface area is 241 Å². The molecule has 3 aliphatic heterocycles. The largest absolute Gasteiger partial charge is 0.381 e. The molecule has 3 N–H and O–H groups in total. The highest BCUT2D eigenvalue weighted by molar-refractivity contribution is 7.13. The molecular formula is C28H33ClN6O4S. The van der Waals surface area contributed by atoms with E-state index in [1.165, 1.54) is 11.3 Å². The van der Waals surface area contributed by atoms with E-state index in [1.54, 1.807) is 18.2 Å². The zero-order chi connectivity index (χ0) is 27.8. The Balaban J connectivity index is 1.20. The van der Waals surface area contributed by atoms with Gasteiger partial charge in [0.25, 0.3) is 11.8 Å². The van der Waals surface area contributed by atoms with Crippen molar-refractivity contribution < 1.29 is 19.1 Å². The first-order valence-electron chi connectivity index (χ1n) is 13.8. The number of carbonyl (C=O) groups excluding carboxylic acids is 3. The number of halogens is 1. The highest BCUT2D eigenvalue weighted by Gasteiger charge is 2.37. The lowest BCUT2D eigenvalue weighted by Gasteiger charge is -2.40. The summed E-state index contributed by atoms with van der Waals surface area (Å²) in [5.41, 5.74) is 2.21. The van der Waals surface area contributed by atoms with Crippen LogP contribution in [0.25, 0.3) is 10.9 Å². The maximum absolute atomic E-state index is 13.4. The number of rotatable bonds is 5. The summed E-state index contributed by atoms with van der Waals surface area (Å²) < 4.78 is 5.44. The van der Waals surface area contributed by atoms with Crippen molar-refractivity contribution in [3.05, 3.63) is 50.6 Å². The molecule has 10 nitrogen and oxygen atoms in total. The van der Waals surface area contributed by atoms with Gasteiger partial charge in [0.05, 0.1) is 17.8 Å². The first-order chi connectivity index (χ1) is 19.3. The lowest BCUT2D eigenvalue weighted by atomic mass is 9.94. The number of nitrogens with one attached hydrogen (secondary N) is 3. The Hall–Kier alpha value is -2.99. The number of likely N-dealkylation sites (tertiary alicyclic amines) is 1. The van der Waals surface area contributed by atoms with Crippen molar-refractivity contribution in [2.75, 3.05) is 39.9 Å². The second kappa shape index (κ2) is 11.5. The van der Waals surface area contributed by atoms with Gasteiger partial charge in [0, 0.05) is 72.5 Å². The van der Waals surface area contributed by atoms with Gasteiger partial charge in [0.15, 0.2) is 5.01 Å². The fourth-order valence-corrected chi connectivity index (χ4v) is 7.07. The van der Waals surface area contributed by atoms with Crippen molar-refractivity contribution in [3.63, 3.8) is 0 Å². The minimum Gasteiger partial charge on any atom is -0.381 e. The van der Waals surface area contributed by atoms with E-state index in [0.717, 1.165) is 41.0 Å². The van der Waals surface area contributed by atoms with Crippen LogP contribution < -0.4 is 10.6 Å². The summed E-state index contributed by atoms with van der Waals surface area (Å²) in [5, 5.41) is 8.09. The molecule has 6 rings (SSSR count). The number of fused-ring (bicyclic) bond motifs is 2. The second-order valence-corrected chi connectivity index (χ2v) is 12.4. The van der Waals surface area contributed by atoms with Gasteiger partial charge >= 0.3 is 0 Å². The molecule has 12 heteroatoms. The number of piperidine rings is 1. The number of thiazole rings is 1. The highest BCUT2D eigenvalue weighted by atomic mass is 35.5. The molecule has 3 aliphatic rings. The van der Waals surface area contributed by atoms with E-state index < -0.39 is 6.04 Å². The summed E-state index contributed by atoms with van der Waals surface area (Å²) >= 11 is 7.54. The maximum atomic E-state index is 13.4. The van der Waals surface area contributed by atoms with Crippen LogP contribution in [0.1, 0.15) is 50.1 Å². The van der Waals surface area contributed by atoms with Crippen LogP contribution in [-0.4, -0.2) is 89.5 Å². The molecule has 1 aromatic carbocycles. The molecule has 0 saturated carbocycles. The lowest BCUT2D eigenvalue weighted by molar-refractivity contribution is -0.140. The third-order valence-corrected chi connectivity index (χ3v) is 9.39. The average Bonchev–Trinajstić information content (AvgIpc) is 3.58. The van der Waals surface area contributed by atoms with Crippen molar-refractivity contribution in [1.82, 2.24) is 30.4 Å². The molecule has 0 aliphatic carbocycles. The van der Waals surface area contributed by atoms with Crippen molar-refractivity contribution in [1.29, 1.82) is 0 Å². The molecule has 2 atom stereocenters. The Morgan fingerprint density at radius 2 is 1.88 bits per heavy atom. The number of ether oxygens (including phenoxy) is 1. The SMILES string of the molecule is CN1CCc2nc(C(=O)NC3CN(C(=O)C4CCOCC4)CCC3NC(=O)c3cc4cc(Cl)ccc4[nH]3)sc2C1. The molecular weight excluding hydrogens is 552 g/mol. The summed E-state index contributed by atoms with van der Waals surface area (Å²) in [5.74, 6) is -0.523. The van der Waals surface area contributed by atoms with Gasteiger partial charge in [-0.3, -0.25) is 14.4 Å². The first kappa shape index (κ1) is 27.2. The number of likely N-dealkylation sites (N-methyl/N-ethyl adjacent to an activating group) is 1. The number of hydrogen-bond acceptors (Lipinski definition) is 7. The van der Waals surface area contributed by atoms with Crippen LogP contribution in [0.3, 0.4) is 0 Å². The standard InChI is InChI=1S/C28H33ClN6O4S/c1-34-8-4-21-24(15-34)40-27(33-21)26(37)32-23-14-35(28(38)16-6-10-39-11-7-16)9-5-20(23)31-25(36)22-13-17-12-18(29)2-3-19(17)30-22/h2-3,12-13,16,20,23,30H,4-11,14-15H2,1H3,(H,31,36)(H,32,37). The number of aromatic nitrogens is 2. The van der Waals surface area contributed by atoms with Crippen LogP contribution in [0.5, 0.6) is 0 Å². The van der Waals surface area contributed by atoms with Gasteiger partial charge in [-0.25, -0.2) is 4.98 Å². The fourth-order valence-electron chi connectivity index (χ4n) is 5.80. The zero-order valence-electron chi connectivity index (χ0n) is 22.4. The van der Waals surface area contributed by atoms with Gasteiger partial charge in [-0.05, 0) is 50.6 Å². The van der Waals surface area contributed by atoms with Gasteiger partial charge in [0.1, 0.15) is 5.69 Å². The van der Waals surface area contributed by atoms with Crippen molar-refractivity contribution in [3.8, 4) is 0 Å². The number of nitrogens with zero attached hydrogens (tertiary/aromatic N) is 3. The van der Waals surface area contributed by atoms with E-state index in [-0.39, 0.29) is 29.7 Å². The Morgan fingerprint density at radius 1 is 1.07 bits per heavy atom. The van der Waals surface area contributed by atoms with Crippen molar-refractivity contribution >= 4 is 51.6 Å². The summed E-state index contributed by atoms with van der Waals surface area (Å²) in [6.07, 6.45) is 2.75. The molecule has 2 aromatic heterocycles. The lowest BCUT2D eigenvalue weighted by Crippen LogP contribution is -2.62. The molecule has 2 unspecified atom stereocenters. The smallest absolute Gasteiger partial charge is 0.280 e. The van der Waals surface area contributed by atoms with Gasteiger partial charge in [-0.1, -0.05) is 11.6 Å². The van der Waals surface area contributed by atoms with Crippen LogP contribution in [0.2, 0.25) is 5.02 Å². The van der Waals surface area contributed by atoms with E-state index in [1.807, 2.05) is 11.0 Å². The van der Waals surface area contributed by atoms with Crippen LogP contribution in [0.4, 0.5) is 0 Å². The topological polar surface area (TPSA) is 120 Å². The Bertz CT molecular complexity index is 1430. The van der Waals surface area contributed by atoms with Crippen LogP contribution in [0.15, 0.2) is 24.3 Å². The minimum absolute atomic E-state index is 0.0721. The quantitative estimate of drug-likeness (QED) is 0.424. The van der Waals surface area contributed by atoms with Crippen molar-refractivity contribution in [2.45, 2.75) is 44.3 Å². The fraction of sp³-hybridized carbons (Fsp3) is 0.500. The Kier molecular flexibility index (Phi) is 7.80. The molecule has 3 amide bonds. The highest BCUT2D eigenvalue weighted by Crippen LogP contribution is 2.26. The van der Waals surface area contributed by atoms with E-state index in [9.17, 15) is 14.4 Å². The maximum Gasteiger partial charge on any atom is 0.280 e. The molecule has 0 radical (unpaired) electrons. The average molecular weight is 585 g/mol. The predicted octanol–water partition coefficient (Wildman–Crippen LogP) is 2.82. The van der Waals surface area contributed by atoms with Crippen LogP contribution in [0, 0.1) is 5.92 Å². The third-order valence-electron chi connectivity index (χ3n) is 8.07. The van der Waals surface area contributed by atoms with E-state index in [0.29, 0.717) is 61.3 Å². The van der Waals surface area contributed by atoms with Gasteiger partial charge in [-0.15, -0.1) is 11.3 Å². The van der Waals surface area contributed by atoms with E-state index >= 15 is 0 Å². The normalized spacial score (nSPS) is 22.2. The van der Waals surface area contributed by atoms with Gasteiger partial charge in [-0.2, -0.15) is 0 Å². The molecule has 2 fully saturated rings. The molecule has 40 heavy (non-hydrogen) atoms. The van der Waals surface area contributed by atoms with Gasteiger partial charge < -0.3 is 30.2 Å². The summed E-state index contributed by atoms with van der Waals surface area (Å²) in [4.78, 5) is 53.0. The molecule has 0 spiro atoms. The summed E-state index contributed by atoms with van der Waals surface area (Å²) in [7, 11) is 2.06. The molecule has 212 valence electrons. The minimum atomic E-state index is -0.462. The first-order valence-corrected chi connectivity index (χ1v) is 15.0. The van der Waals surface area contributed by atoms with Crippen LogP contribution >= 0.6 is 22.9 Å². The predicted molar refractivity (Wildman–Crippen MR) is 153 cm³/mol. The van der Waals surface area contributed by atoms with E-state index in [4.69, 9.17) is 16.3 Å². The van der Waals surface area contributed by atoms with Crippen LogP contribution in [-0.2, 0) is 22.5 Å². The molecule has 5 heterocycles. The Morgan fingerprint density at radius 3 is 2.70 bits per heavy atom. The summed E-state index contributed by atoms with van der Waals surface area (Å²) in [6, 6.07) is 6.36. The number of H-pyrrole nitrogens is 1. The number of aromatic amines is 1. The molecule has 2 saturated heterocycles. The number of carbonyl (C=O) groups is 3. The number of benzene rings is 1. The molecule has 3 aromatic rings. The van der Waals surface area contributed by atoms with Gasteiger partial charge in [0.2, 0.25) is 5.91 Å². The summed E-state index contributed by atoms with van der Waals surface area (Å²) in [6.45, 7) is 3.70.